The van der Waals surface area contributed by atoms with E-state index in [1.807, 2.05) is 31.2 Å². The van der Waals surface area contributed by atoms with Crippen LogP contribution in [-0.4, -0.2) is 23.6 Å². The summed E-state index contributed by atoms with van der Waals surface area (Å²) in [4.78, 5) is 22.9. The molecule has 2 aromatic carbocycles. The lowest BCUT2D eigenvalue weighted by molar-refractivity contribution is -0.139. The van der Waals surface area contributed by atoms with Crippen molar-refractivity contribution in [3.63, 3.8) is 0 Å². The lowest BCUT2D eigenvalue weighted by Gasteiger charge is -2.25. The highest BCUT2D eigenvalue weighted by atomic mass is 16.5. The maximum atomic E-state index is 12.4. The minimum atomic E-state index is -1.02. The number of carbonyl (C=O) groups excluding carboxylic acids is 1. The molecule has 1 atom stereocenters. The van der Waals surface area contributed by atoms with E-state index < -0.39 is 5.97 Å². The molecule has 1 unspecified atom stereocenters. The van der Waals surface area contributed by atoms with Crippen LogP contribution in [-0.2, 0) is 4.79 Å². The Balaban J connectivity index is 1.57. The first-order valence-corrected chi connectivity index (χ1v) is 8.88. The van der Waals surface area contributed by atoms with Crippen LogP contribution in [0.15, 0.2) is 48.5 Å². The number of nitrogens with one attached hydrogen (secondary N) is 1. The first-order valence-electron chi connectivity index (χ1n) is 8.88. The van der Waals surface area contributed by atoms with Gasteiger partial charge in [-0.3, -0.25) is 4.79 Å². The Morgan fingerprint density at radius 3 is 2.31 bits per heavy atom. The minimum absolute atomic E-state index is 0.108. The van der Waals surface area contributed by atoms with Gasteiger partial charge in [0.1, 0.15) is 5.75 Å². The van der Waals surface area contributed by atoms with Crippen molar-refractivity contribution in [2.24, 2.45) is 0 Å². The van der Waals surface area contributed by atoms with Crippen molar-refractivity contribution in [2.45, 2.75) is 38.1 Å². The Hall–Kier alpha value is -2.82. The van der Waals surface area contributed by atoms with Crippen molar-refractivity contribution in [1.29, 1.82) is 0 Å². The zero-order valence-electron chi connectivity index (χ0n) is 14.8. The van der Waals surface area contributed by atoms with Gasteiger partial charge in [-0.2, -0.15) is 0 Å². The molecule has 0 spiro atoms. The summed E-state index contributed by atoms with van der Waals surface area (Å²) in [6.07, 6.45) is 3.79. The Bertz CT molecular complexity index is 764. The monoisotopic (exact) mass is 353 g/mol. The summed E-state index contributed by atoms with van der Waals surface area (Å²) in [7, 11) is 0. The lowest BCUT2D eigenvalue weighted by Crippen LogP contribution is -2.26. The molecule has 0 aromatic heterocycles. The molecule has 1 saturated carbocycles. The number of aliphatic carboxylic acids is 1. The smallest absolute Gasteiger partial charge is 0.341 e. The third-order valence-corrected chi connectivity index (χ3v) is 4.84. The molecular weight excluding hydrogens is 330 g/mol. The summed E-state index contributed by atoms with van der Waals surface area (Å²) >= 11 is 0. The van der Waals surface area contributed by atoms with Crippen LogP contribution in [0.2, 0.25) is 0 Å². The molecule has 0 heterocycles. The standard InChI is InChI=1S/C21H23NO4/c1-14(15-9-11-19(12-10-15)26-13-20(23)24)22-21(25)18-7-5-17(6-8-18)16-3-2-4-16/h5-12,14,16H,2-4,13H2,1H3,(H,22,25)(H,23,24). The van der Waals surface area contributed by atoms with Crippen LogP contribution in [0.1, 0.15) is 59.6 Å². The number of benzene rings is 2. The first-order chi connectivity index (χ1) is 12.5. The highest BCUT2D eigenvalue weighted by molar-refractivity contribution is 5.94. The predicted molar refractivity (Wildman–Crippen MR) is 98.5 cm³/mol. The van der Waals surface area contributed by atoms with Crippen molar-refractivity contribution in [2.75, 3.05) is 6.61 Å². The molecule has 0 saturated heterocycles. The van der Waals surface area contributed by atoms with Crippen LogP contribution in [0.3, 0.4) is 0 Å². The predicted octanol–water partition coefficient (Wildman–Crippen LogP) is 3.91. The number of amides is 1. The van der Waals surface area contributed by atoms with E-state index in [1.165, 1.54) is 24.8 Å². The summed E-state index contributed by atoms with van der Waals surface area (Å²) < 4.78 is 5.11. The Kier molecular flexibility index (Phi) is 5.56. The normalized spacial score (nSPS) is 15.0. The van der Waals surface area contributed by atoms with Gasteiger partial charge >= 0.3 is 5.97 Å². The second-order valence-electron chi connectivity index (χ2n) is 6.70. The largest absolute Gasteiger partial charge is 0.482 e. The number of rotatable bonds is 7. The second-order valence-corrected chi connectivity index (χ2v) is 6.70. The van der Waals surface area contributed by atoms with E-state index in [0.29, 0.717) is 17.2 Å². The average molecular weight is 353 g/mol. The summed E-state index contributed by atoms with van der Waals surface area (Å²) in [6, 6.07) is 14.8. The van der Waals surface area contributed by atoms with Crippen LogP contribution in [0.4, 0.5) is 0 Å². The molecule has 1 aliphatic carbocycles. The van der Waals surface area contributed by atoms with Gasteiger partial charge in [0.05, 0.1) is 6.04 Å². The van der Waals surface area contributed by atoms with Crippen LogP contribution in [0.5, 0.6) is 5.75 Å². The van der Waals surface area contributed by atoms with Gasteiger partial charge in [-0.15, -0.1) is 0 Å². The van der Waals surface area contributed by atoms with Gasteiger partial charge in [-0.25, -0.2) is 4.79 Å². The maximum absolute atomic E-state index is 12.4. The van der Waals surface area contributed by atoms with Crippen molar-refractivity contribution in [3.05, 3.63) is 65.2 Å². The molecule has 1 fully saturated rings. The number of carboxylic acid groups (broad SMARTS) is 1. The molecule has 5 heteroatoms. The van der Waals surface area contributed by atoms with Crippen LogP contribution < -0.4 is 10.1 Å². The third kappa shape index (κ3) is 4.42. The molecule has 2 N–H and O–H groups in total. The van der Waals surface area contributed by atoms with E-state index >= 15 is 0 Å². The minimum Gasteiger partial charge on any atom is -0.482 e. The van der Waals surface area contributed by atoms with E-state index in [0.717, 1.165) is 5.56 Å². The van der Waals surface area contributed by atoms with Gasteiger partial charge in [0.15, 0.2) is 6.61 Å². The molecule has 0 aliphatic heterocycles. The van der Waals surface area contributed by atoms with Crippen molar-refractivity contribution >= 4 is 11.9 Å². The average Bonchev–Trinajstić information content (AvgIpc) is 2.59. The summed E-state index contributed by atoms with van der Waals surface area (Å²) in [5, 5.41) is 11.6. The molecule has 1 amide bonds. The summed E-state index contributed by atoms with van der Waals surface area (Å²) in [5.74, 6) is 0.0241. The number of ether oxygens (including phenoxy) is 1. The lowest BCUT2D eigenvalue weighted by atomic mass is 9.80. The summed E-state index contributed by atoms with van der Waals surface area (Å²) in [6.45, 7) is 1.54. The molecule has 2 aromatic rings. The molecule has 26 heavy (non-hydrogen) atoms. The third-order valence-electron chi connectivity index (χ3n) is 4.84. The SMILES string of the molecule is CC(NC(=O)c1ccc(C2CCC2)cc1)c1ccc(OCC(=O)O)cc1. The van der Waals surface area contributed by atoms with E-state index in [2.05, 4.69) is 17.4 Å². The highest BCUT2D eigenvalue weighted by Crippen LogP contribution is 2.36. The van der Waals surface area contributed by atoms with Crippen molar-refractivity contribution < 1.29 is 19.4 Å². The Morgan fingerprint density at radius 2 is 1.77 bits per heavy atom. The number of hydrogen-bond donors (Lipinski definition) is 2. The molecular formula is C21H23NO4. The van der Waals surface area contributed by atoms with Gasteiger partial charge < -0.3 is 15.2 Å². The van der Waals surface area contributed by atoms with Gasteiger partial charge in [0.2, 0.25) is 0 Å². The van der Waals surface area contributed by atoms with Gasteiger partial charge in [0.25, 0.3) is 5.91 Å². The van der Waals surface area contributed by atoms with E-state index in [1.54, 1.807) is 12.1 Å². The van der Waals surface area contributed by atoms with E-state index in [9.17, 15) is 9.59 Å². The van der Waals surface area contributed by atoms with Crippen molar-refractivity contribution in [1.82, 2.24) is 5.32 Å². The molecule has 0 radical (unpaired) electrons. The van der Waals surface area contributed by atoms with E-state index in [4.69, 9.17) is 9.84 Å². The zero-order chi connectivity index (χ0) is 18.5. The van der Waals surface area contributed by atoms with Gasteiger partial charge in [-0.1, -0.05) is 30.7 Å². The molecule has 5 nitrogen and oxygen atoms in total. The van der Waals surface area contributed by atoms with Gasteiger partial charge in [0, 0.05) is 5.56 Å². The van der Waals surface area contributed by atoms with Crippen LogP contribution in [0, 0.1) is 0 Å². The second kappa shape index (κ2) is 8.04. The van der Waals surface area contributed by atoms with Gasteiger partial charge in [-0.05, 0) is 61.1 Å². The topological polar surface area (TPSA) is 75.6 Å². The first kappa shape index (κ1) is 18.0. The number of hydrogen-bond acceptors (Lipinski definition) is 3. The van der Waals surface area contributed by atoms with Crippen LogP contribution in [0.25, 0.3) is 0 Å². The number of carbonyl (C=O) groups is 2. The maximum Gasteiger partial charge on any atom is 0.341 e. The van der Waals surface area contributed by atoms with E-state index in [-0.39, 0.29) is 18.6 Å². The molecule has 136 valence electrons. The molecule has 1 aliphatic rings. The molecule has 3 rings (SSSR count). The summed E-state index contributed by atoms with van der Waals surface area (Å²) in [5.41, 5.74) is 2.89. The van der Waals surface area contributed by atoms with Crippen LogP contribution >= 0.6 is 0 Å². The fourth-order valence-electron chi connectivity index (χ4n) is 3.01. The Morgan fingerprint density at radius 1 is 1.12 bits per heavy atom. The zero-order valence-corrected chi connectivity index (χ0v) is 14.8. The highest BCUT2D eigenvalue weighted by Gasteiger charge is 2.19. The fourth-order valence-corrected chi connectivity index (χ4v) is 3.01. The number of carboxylic acids is 1. The Labute approximate surface area is 153 Å². The van der Waals surface area contributed by atoms with Crippen molar-refractivity contribution in [3.8, 4) is 5.75 Å². The molecule has 0 bridgehead atoms. The fraction of sp³-hybridized carbons (Fsp3) is 0.333. The quantitative estimate of drug-likeness (QED) is 0.791.